The van der Waals surface area contributed by atoms with Crippen LogP contribution in [0.25, 0.3) is 0 Å². The third-order valence-electron chi connectivity index (χ3n) is 3.82. The molecule has 0 aromatic rings. The van der Waals surface area contributed by atoms with Gasteiger partial charge in [0, 0.05) is 17.5 Å². The Morgan fingerprint density at radius 3 is 2.18 bits per heavy atom. The molecular formula is C17H32INO3. The summed E-state index contributed by atoms with van der Waals surface area (Å²) >= 11 is 2.41. The Balaban J connectivity index is 2.55. The molecule has 4 nitrogen and oxygen atoms in total. The Bertz CT molecular complexity index is 357. The van der Waals surface area contributed by atoms with Gasteiger partial charge in [0.15, 0.2) is 0 Å². The molecule has 1 heterocycles. The third kappa shape index (κ3) is 6.60. The van der Waals surface area contributed by atoms with Gasteiger partial charge in [-0.2, -0.15) is 0 Å². The van der Waals surface area contributed by atoms with Crippen molar-refractivity contribution in [3.8, 4) is 0 Å². The fourth-order valence-electron chi connectivity index (χ4n) is 2.85. The van der Waals surface area contributed by atoms with Crippen LogP contribution in [-0.4, -0.2) is 45.8 Å². The Hall–Kier alpha value is -0.0400. The summed E-state index contributed by atoms with van der Waals surface area (Å²) in [7, 11) is 0. The van der Waals surface area contributed by atoms with Crippen molar-refractivity contribution in [3.05, 3.63) is 0 Å². The largest absolute Gasteiger partial charge is 0.444 e. The molecule has 1 rings (SSSR count). The van der Waals surface area contributed by atoms with Crippen molar-refractivity contribution in [2.24, 2.45) is 5.92 Å². The van der Waals surface area contributed by atoms with E-state index in [0.29, 0.717) is 19.0 Å². The fourth-order valence-corrected chi connectivity index (χ4v) is 3.79. The predicted molar refractivity (Wildman–Crippen MR) is 98.7 cm³/mol. The summed E-state index contributed by atoms with van der Waals surface area (Å²) in [4.78, 5) is 14.0. The highest BCUT2D eigenvalue weighted by Gasteiger charge is 2.38. The number of ether oxygens (including phenoxy) is 2. The van der Waals surface area contributed by atoms with E-state index in [1.54, 1.807) is 0 Å². The number of amides is 1. The van der Waals surface area contributed by atoms with E-state index in [4.69, 9.17) is 9.47 Å². The van der Waals surface area contributed by atoms with Gasteiger partial charge in [0.25, 0.3) is 0 Å². The van der Waals surface area contributed by atoms with E-state index >= 15 is 0 Å². The smallest absolute Gasteiger partial charge is 0.410 e. The van der Waals surface area contributed by atoms with E-state index < -0.39 is 5.60 Å². The summed E-state index contributed by atoms with van der Waals surface area (Å²) in [5.41, 5.74) is -0.523. The van der Waals surface area contributed by atoms with Gasteiger partial charge in [-0.25, -0.2) is 4.79 Å². The lowest BCUT2D eigenvalue weighted by molar-refractivity contribution is -0.105. The van der Waals surface area contributed by atoms with Crippen molar-refractivity contribution in [1.29, 1.82) is 0 Å². The number of carbonyl (C=O) groups is 1. The summed E-state index contributed by atoms with van der Waals surface area (Å²) in [6.45, 7) is 13.7. The molecule has 0 aromatic heterocycles. The Morgan fingerprint density at radius 2 is 1.77 bits per heavy atom. The zero-order valence-corrected chi connectivity index (χ0v) is 17.1. The maximum Gasteiger partial charge on any atom is 0.410 e. The number of nitrogens with zero attached hydrogens (tertiary/aromatic N) is 1. The molecule has 1 aliphatic rings. The average molecular weight is 425 g/mol. The zero-order valence-electron chi connectivity index (χ0n) is 14.9. The van der Waals surface area contributed by atoms with Crippen LogP contribution in [0.2, 0.25) is 0 Å². The van der Waals surface area contributed by atoms with Crippen molar-refractivity contribution in [2.75, 3.05) is 17.5 Å². The lowest BCUT2D eigenvalue weighted by atomic mass is 9.92. The second kappa shape index (κ2) is 8.18. The van der Waals surface area contributed by atoms with Crippen LogP contribution in [0.15, 0.2) is 0 Å². The van der Waals surface area contributed by atoms with Crippen molar-refractivity contribution in [2.45, 2.75) is 78.1 Å². The van der Waals surface area contributed by atoms with Crippen molar-refractivity contribution >= 4 is 28.7 Å². The highest BCUT2D eigenvalue weighted by molar-refractivity contribution is 14.1. The summed E-state index contributed by atoms with van der Waals surface area (Å²) in [6, 6.07) is 0. The molecule has 1 fully saturated rings. The van der Waals surface area contributed by atoms with Crippen molar-refractivity contribution in [1.82, 2.24) is 4.90 Å². The van der Waals surface area contributed by atoms with Crippen LogP contribution in [0.5, 0.6) is 0 Å². The van der Waals surface area contributed by atoms with Gasteiger partial charge in [-0.3, -0.25) is 0 Å². The average Bonchev–Trinajstić information content (AvgIpc) is 2.36. The summed E-state index contributed by atoms with van der Waals surface area (Å²) < 4.78 is 12.8. The van der Waals surface area contributed by atoms with E-state index in [-0.39, 0.29) is 17.8 Å². The van der Waals surface area contributed by atoms with Crippen LogP contribution >= 0.6 is 22.6 Å². The molecule has 0 N–H and O–H groups in total. The van der Waals surface area contributed by atoms with Gasteiger partial charge < -0.3 is 14.4 Å². The molecule has 0 spiro atoms. The first-order valence-corrected chi connectivity index (χ1v) is 9.81. The maximum absolute atomic E-state index is 12.1. The number of hydrogen-bond acceptors (Lipinski definition) is 3. The lowest BCUT2D eigenvalue weighted by Gasteiger charge is -2.42. The Kier molecular flexibility index (Phi) is 7.43. The van der Waals surface area contributed by atoms with Gasteiger partial charge >= 0.3 is 6.09 Å². The van der Waals surface area contributed by atoms with Gasteiger partial charge in [0.2, 0.25) is 0 Å². The van der Waals surface area contributed by atoms with E-state index in [2.05, 4.69) is 43.4 Å². The molecule has 0 aromatic carbocycles. The standard InChI is InChI=1S/C17H32INO3/c1-13(2)11-14(3)21-17(12-18)7-9-19(10-8-17)15(20)22-16(4,5)6/h13-14H,7-12H2,1-6H3. The molecular weight excluding hydrogens is 393 g/mol. The first kappa shape index (κ1) is 20.0. The molecule has 0 bridgehead atoms. The summed E-state index contributed by atoms with van der Waals surface area (Å²) in [5, 5.41) is 0. The zero-order chi connectivity index (χ0) is 17.0. The Labute approximate surface area is 149 Å². The quantitative estimate of drug-likeness (QED) is 0.476. The number of likely N-dealkylation sites (tertiary alicyclic amines) is 1. The fraction of sp³-hybridized carbons (Fsp3) is 0.941. The molecule has 1 unspecified atom stereocenters. The third-order valence-corrected chi connectivity index (χ3v) is 5.21. The Morgan fingerprint density at radius 1 is 1.23 bits per heavy atom. The maximum atomic E-state index is 12.1. The van der Waals surface area contributed by atoms with E-state index in [0.717, 1.165) is 23.7 Å². The van der Waals surface area contributed by atoms with Crippen molar-refractivity contribution in [3.63, 3.8) is 0 Å². The molecule has 130 valence electrons. The minimum atomic E-state index is -0.433. The normalized spacial score (nSPS) is 20.1. The molecule has 0 saturated carbocycles. The van der Waals surface area contributed by atoms with Crippen LogP contribution < -0.4 is 0 Å². The monoisotopic (exact) mass is 425 g/mol. The molecule has 22 heavy (non-hydrogen) atoms. The van der Waals surface area contributed by atoms with E-state index in [1.165, 1.54) is 0 Å². The molecule has 1 aliphatic heterocycles. The number of alkyl halides is 1. The van der Waals surface area contributed by atoms with Crippen LogP contribution in [0.4, 0.5) is 4.79 Å². The first-order valence-electron chi connectivity index (χ1n) is 8.28. The van der Waals surface area contributed by atoms with Crippen LogP contribution in [0, 0.1) is 5.92 Å². The highest BCUT2D eigenvalue weighted by Crippen LogP contribution is 2.31. The molecule has 5 heteroatoms. The van der Waals surface area contributed by atoms with Crippen molar-refractivity contribution < 1.29 is 14.3 Å². The van der Waals surface area contributed by atoms with E-state index in [1.807, 2.05) is 25.7 Å². The number of rotatable bonds is 5. The van der Waals surface area contributed by atoms with Crippen LogP contribution in [-0.2, 0) is 9.47 Å². The minimum Gasteiger partial charge on any atom is -0.444 e. The van der Waals surface area contributed by atoms with Gasteiger partial charge in [-0.05, 0) is 52.9 Å². The summed E-state index contributed by atoms with van der Waals surface area (Å²) in [5.74, 6) is 0.642. The summed E-state index contributed by atoms with van der Waals surface area (Å²) in [6.07, 6.45) is 2.91. The lowest BCUT2D eigenvalue weighted by Crippen LogP contribution is -2.51. The number of piperidine rings is 1. The van der Waals surface area contributed by atoms with Gasteiger partial charge in [-0.15, -0.1) is 0 Å². The van der Waals surface area contributed by atoms with Gasteiger partial charge in [0.1, 0.15) is 5.60 Å². The topological polar surface area (TPSA) is 38.8 Å². The number of carbonyl (C=O) groups excluding carboxylic acids is 1. The molecule has 0 aliphatic carbocycles. The van der Waals surface area contributed by atoms with Gasteiger partial charge in [-0.1, -0.05) is 36.4 Å². The second-order valence-corrected chi connectivity index (χ2v) is 8.60. The molecule has 1 saturated heterocycles. The second-order valence-electron chi connectivity index (χ2n) is 7.84. The predicted octanol–water partition coefficient (Wildman–Crippen LogP) is 4.64. The van der Waals surface area contributed by atoms with Crippen LogP contribution in [0.3, 0.4) is 0 Å². The van der Waals surface area contributed by atoms with E-state index in [9.17, 15) is 4.79 Å². The SMILES string of the molecule is CC(C)CC(C)OC1(CI)CCN(C(=O)OC(C)(C)C)CC1. The minimum absolute atomic E-state index is 0.0899. The first-order chi connectivity index (χ1) is 10.1. The number of halogens is 1. The molecule has 1 amide bonds. The highest BCUT2D eigenvalue weighted by atomic mass is 127. The number of hydrogen-bond donors (Lipinski definition) is 0. The molecule has 0 radical (unpaired) electrons. The molecule has 1 atom stereocenters. The van der Waals surface area contributed by atoms with Crippen LogP contribution in [0.1, 0.15) is 60.8 Å². The van der Waals surface area contributed by atoms with Gasteiger partial charge in [0.05, 0.1) is 11.7 Å².